The largest absolute Gasteiger partial charge is 0.465 e. The molecular weight excluding hydrogens is 248 g/mol. The van der Waals surface area contributed by atoms with Crippen molar-refractivity contribution in [2.45, 2.75) is 13.0 Å². The summed E-state index contributed by atoms with van der Waals surface area (Å²) >= 11 is 0. The van der Waals surface area contributed by atoms with E-state index in [2.05, 4.69) is 29.7 Å². The number of hydrogen-bond donors (Lipinski definition) is 1. The molecule has 0 unspecified atom stereocenters. The predicted octanol–water partition coefficient (Wildman–Crippen LogP) is 0.583. The fraction of sp³-hybridized carbons (Fsp3) is 0.333. The first kappa shape index (κ1) is 13.2. The number of rotatable bonds is 6. The van der Waals surface area contributed by atoms with Crippen LogP contribution in [0.25, 0.3) is 0 Å². The summed E-state index contributed by atoms with van der Waals surface area (Å²) < 4.78 is 9.23. The fourth-order valence-electron chi connectivity index (χ4n) is 1.49. The van der Waals surface area contributed by atoms with Crippen LogP contribution in [0.2, 0.25) is 0 Å². The monoisotopic (exact) mass is 262 g/mol. The molecule has 2 aromatic rings. The molecule has 0 fully saturated rings. The number of hydrogen-bond acceptors (Lipinski definition) is 7. The van der Waals surface area contributed by atoms with Gasteiger partial charge in [-0.1, -0.05) is 5.16 Å². The van der Waals surface area contributed by atoms with Gasteiger partial charge in [-0.2, -0.15) is 4.98 Å². The second-order valence-electron chi connectivity index (χ2n) is 3.80. The lowest BCUT2D eigenvalue weighted by Gasteiger charge is -2.03. The minimum Gasteiger partial charge on any atom is -0.465 e. The average Bonchev–Trinajstić information content (AvgIpc) is 2.96. The van der Waals surface area contributed by atoms with Crippen molar-refractivity contribution in [2.24, 2.45) is 0 Å². The van der Waals surface area contributed by atoms with Gasteiger partial charge in [0.25, 0.3) is 0 Å². The highest BCUT2D eigenvalue weighted by atomic mass is 16.5. The molecule has 7 heteroatoms. The van der Waals surface area contributed by atoms with Gasteiger partial charge < -0.3 is 14.6 Å². The summed E-state index contributed by atoms with van der Waals surface area (Å²) in [4.78, 5) is 19.3. The summed E-state index contributed by atoms with van der Waals surface area (Å²) in [6.07, 6.45) is 3.50. The van der Waals surface area contributed by atoms with Crippen molar-refractivity contribution >= 4 is 5.97 Å². The molecule has 0 aliphatic heterocycles. The minimum absolute atomic E-state index is 0.385. The topological polar surface area (TPSA) is 90.1 Å². The number of carbonyl (C=O) groups excluding carboxylic acids is 1. The van der Waals surface area contributed by atoms with Crippen LogP contribution in [0.3, 0.4) is 0 Å². The zero-order chi connectivity index (χ0) is 13.5. The molecule has 2 heterocycles. The number of nitrogens with one attached hydrogen (secondary N) is 1. The molecule has 2 rings (SSSR count). The van der Waals surface area contributed by atoms with Gasteiger partial charge in [0.1, 0.15) is 0 Å². The Bertz CT molecular complexity index is 510. The average molecular weight is 262 g/mol. The summed E-state index contributed by atoms with van der Waals surface area (Å²) in [7, 11) is 1.34. The molecule has 0 aromatic carbocycles. The van der Waals surface area contributed by atoms with Crippen LogP contribution in [0.4, 0.5) is 0 Å². The molecule has 0 spiro atoms. The number of aromatic nitrogens is 3. The van der Waals surface area contributed by atoms with Crippen LogP contribution >= 0.6 is 0 Å². The number of esters is 1. The summed E-state index contributed by atoms with van der Waals surface area (Å²) in [5, 5.41) is 6.91. The second kappa shape index (κ2) is 6.60. The van der Waals surface area contributed by atoms with Crippen LogP contribution in [-0.4, -0.2) is 34.7 Å². The maximum absolute atomic E-state index is 11.2. The van der Waals surface area contributed by atoms with E-state index in [-0.39, 0.29) is 5.97 Å². The van der Waals surface area contributed by atoms with Gasteiger partial charge in [0.05, 0.1) is 18.4 Å². The molecule has 7 nitrogen and oxygen atoms in total. The third-order valence-electron chi connectivity index (χ3n) is 2.48. The van der Waals surface area contributed by atoms with Gasteiger partial charge in [-0.3, -0.25) is 4.98 Å². The van der Waals surface area contributed by atoms with E-state index in [1.54, 1.807) is 12.1 Å². The molecule has 0 bridgehead atoms. The van der Waals surface area contributed by atoms with Crippen molar-refractivity contribution in [1.29, 1.82) is 0 Å². The SMILES string of the molecule is COC(=O)c1ccc(CNCCc2ncon2)nc1. The molecule has 0 saturated carbocycles. The van der Waals surface area contributed by atoms with E-state index in [1.165, 1.54) is 19.7 Å². The highest BCUT2D eigenvalue weighted by Crippen LogP contribution is 2.01. The summed E-state index contributed by atoms with van der Waals surface area (Å²) in [5.41, 5.74) is 1.29. The molecule has 19 heavy (non-hydrogen) atoms. The molecule has 0 radical (unpaired) electrons. The molecule has 0 saturated heterocycles. The first-order valence-electron chi connectivity index (χ1n) is 5.79. The van der Waals surface area contributed by atoms with Crippen LogP contribution in [0, 0.1) is 0 Å². The van der Waals surface area contributed by atoms with Crippen molar-refractivity contribution in [2.75, 3.05) is 13.7 Å². The Balaban J connectivity index is 1.75. The number of ether oxygens (including phenoxy) is 1. The van der Waals surface area contributed by atoms with E-state index in [9.17, 15) is 4.79 Å². The van der Waals surface area contributed by atoms with Crippen LogP contribution in [-0.2, 0) is 17.7 Å². The van der Waals surface area contributed by atoms with Crippen molar-refractivity contribution < 1.29 is 14.1 Å². The fourth-order valence-corrected chi connectivity index (χ4v) is 1.49. The lowest BCUT2D eigenvalue weighted by Crippen LogP contribution is -2.18. The van der Waals surface area contributed by atoms with E-state index in [4.69, 9.17) is 0 Å². The highest BCUT2D eigenvalue weighted by molar-refractivity contribution is 5.88. The lowest BCUT2D eigenvalue weighted by atomic mass is 10.2. The molecule has 2 aromatic heterocycles. The van der Waals surface area contributed by atoms with Crippen LogP contribution in [0.1, 0.15) is 21.9 Å². The summed E-state index contributed by atoms with van der Waals surface area (Å²) in [6, 6.07) is 3.47. The van der Waals surface area contributed by atoms with Gasteiger partial charge in [0, 0.05) is 25.7 Å². The summed E-state index contributed by atoms with van der Waals surface area (Å²) in [6.45, 7) is 1.33. The Kier molecular flexibility index (Phi) is 4.57. The first-order valence-corrected chi connectivity index (χ1v) is 5.79. The van der Waals surface area contributed by atoms with Crippen molar-refractivity contribution in [1.82, 2.24) is 20.4 Å². The number of methoxy groups -OCH3 is 1. The number of carbonyl (C=O) groups is 1. The predicted molar refractivity (Wildman–Crippen MR) is 65.3 cm³/mol. The quantitative estimate of drug-likeness (QED) is 0.601. The van der Waals surface area contributed by atoms with Crippen molar-refractivity contribution in [3.63, 3.8) is 0 Å². The standard InChI is InChI=1S/C12H14N4O3/c1-18-12(17)9-2-3-10(14-6-9)7-13-5-4-11-15-8-19-16-11/h2-3,6,8,13H,4-5,7H2,1H3. The van der Waals surface area contributed by atoms with Gasteiger partial charge in [0.15, 0.2) is 5.82 Å². The molecule has 0 aliphatic rings. The lowest BCUT2D eigenvalue weighted by molar-refractivity contribution is 0.0600. The van der Waals surface area contributed by atoms with Gasteiger partial charge in [-0.25, -0.2) is 4.79 Å². The highest BCUT2D eigenvalue weighted by Gasteiger charge is 2.05. The maximum atomic E-state index is 11.2. The zero-order valence-electron chi connectivity index (χ0n) is 10.5. The Morgan fingerprint density at radius 3 is 2.95 bits per heavy atom. The molecule has 1 N–H and O–H groups in total. The van der Waals surface area contributed by atoms with E-state index in [0.29, 0.717) is 24.4 Å². The number of nitrogens with zero attached hydrogens (tertiary/aromatic N) is 3. The zero-order valence-corrected chi connectivity index (χ0v) is 10.5. The molecular formula is C12H14N4O3. The molecule has 0 amide bonds. The third kappa shape index (κ3) is 3.85. The smallest absolute Gasteiger partial charge is 0.339 e. The van der Waals surface area contributed by atoms with Gasteiger partial charge in [-0.05, 0) is 12.1 Å². The molecule has 100 valence electrons. The van der Waals surface area contributed by atoms with E-state index < -0.39 is 0 Å². The van der Waals surface area contributed by atoms with E-state index in [0.717, 1.165) is 12.2 Å². The van der Waals surface area contributed by atoms with Crippen LogP contribution in [0.15, 0.2) is 29.2 Å². The second-order valence-corrected chi connectivity index (χ2v) is 3.80. The Morgan fingerprint density at radius 1 is 1.42 bits per heavy atom. The van der Waals surface area contributed by atoms with E-state index >= 15 is 0 Å². The third-order valence-corrected chi connectivity index (χ3v) is 2.48. The van der Waals surface area contributed by atoms with E-state index in [1.807, 2.05) is 0 Å². The van der Waals surface area contributed by atoms with Gasteiger partial charge >= 0.3 is 5.97 Å². The maximum Gasteiger partial charge on any atom is 0.339 e. The molecule has 0 aliphatic carbocycles. The minimum atomic E-state index is -0.385. The van der Waals surface area contributed by atoms with Crippen molar-refractivity contribution in [3.8, 4) is 0 Å². The van der Waals surface area contributed by atoms with Gasteiger partial charge in [0.2, 0.25) is 6.39 Å². The van der Waals surface area contributed by atoms with Crippen LogP contribution < -0.4 is 5.32 Å². The number of pyridine rings is 1. The molecule has 0 atom stereocenters. The normalized spacial score (nSPS) is 10.4. The van der Waals surface area contributed by atoms with Gasteiger partial charge in [-0.15, -0.1) is 0 Å². The Hall–Kier alpha value is -2.28. The Morgan fingerprint density at radius 2 is 2.32 bits per heavy atom. The summed E-state index contributed by atoms with van der Waals surface area (Å²) in [5.74, 6) is 0.283. The van der Waals surface area contributed by atoms with Crippen LogP contribution in [0.5, 0.6) is 0 Å². The first-order chi connectivity index (χ1) is 9.29. The van der Waals surface area contributed by atoms with Crippen molar-refractivity contribution in [3.05, 3.63) is 41.8 Å². The Labute approximate surface area is 110 Å².